The minimum absolute atomic E-state index is 0.0383. The van der Waals surface area contributed by atoms with E-state index in [9.17, 15) is 14.9 Å². The third kappa shape index (κ3) is 4.93. The van der Waals surface area contributed by atoms with Crippen molar-refractivity contribution >= 4 is 29.3 Å². The first-order chi connectivity index (χ1) is 14.5. The normalized spacial score (nSPS) is 15.8. The predicted molar refractivity (Wildman–Crippen MR) is 115 cm³/mol. The highest BCUT2D eigenvalue weighted by atomic mass is 32.2. The molecule has 0 fully saturated rings. The maximum absolute atomic E-state index is 12.4. The van der Waals surface area contributed by atoms with Gasteiger partial charge in [0.25, 0.3) is 0 Å². The van der Waals surface area contributed by atoms with Crippen molar-refractivity contribution in [1.29, 1.82) is 5.26 Å². The van der Waals surface area contributed by atoms with Crippen LogP contribution in [0.1, 0.15) is 17.9 Å². The summed E-state index contributed by atoms with van der Waals surface area (Å²) < 4.78 is 10.5. The number of benzene rings is 2. The summed E-state index contributed by atoms with van der Waals surface area (Å²) in [5.41, 5.74) is 1.79. The Morgan fingerprint density at radius 2 is 2.03 bits per heavy atom. The van der Waals surface area contributed by atoms with Gasteiger partial charge in [0.05, 0.1) is 36.6 Å². The van der Waals surface area contributed by atoms with Gasteiger partial charge in [0.15, 0.2) is 0 Å². The molecule has 2 amide bonds. The van der Waals surface area contributed by atoms with Gasteiger partial charge in [-0.1, -0.05) is 36.0 Å². The quantitative estimate of drug-likeness (QED) is 0.708. The summed E-state index contributed by atoms with van der Waals surface area (Å²) in [5.74, 6) is 0.395. The molecule has 30 heavy (non-hydrogen) atoms. The summed E-state index contributed by atoms with van der Waals surface area (Å²) in [7, 11) is 3.10. The van der Waals surface area contributed by atoms with Crippen molar-refractivity contribution in [2.75, 3.05) is 25.3 Å². The first-order valence-electron chi connectivity index (χ1n) is 9.19. The Hall–Kier alpha value is -3.44. The third-order valence-corrected chi connectivity index (χ3v) is 5.59. The number of methoxy groups -OCH3 is 2. The number of carbonyl (C=O) groups excluding carboxylic acids is 2. The number of anilines is 1. The van der Waals surface area contributed by atoms with Gasteiger partial charge < -0.3 is 20.1 Å². The molecule has 1 atom stereocenters. The number of nitrogens with one attached hydrogen (secondary N) is 2. The Labute approximate surface area is 179 Å². The lowest BCUT2D eigenvalue weighted by atomic mass is 9.86. The number of nitriles is 1. The van der Waals surface area contributed by atoms with Gasteiger partial charge in [-0.25, -0.2) is 0 Å². The van der Waals surface area contributed by atoms with Crippen LogP contribution < -0.4 is 20.1 Å². The van der Waals surface area contributed by atoms with E-state index in [0.29, 0.717) is 27.8 Å². The lowest BCUT2D eigenvalue weighted by Gasteiger charge is -2.26. The van der Waals surface area contributed by atoms with Crippen molar-refractivity contribution in [3.8, 4) is 17.6 Å². The van der Waals surface area contributed by atoms with Crippen LogP contribution in [0.3, 0.4) is 0 Å². The molecule has 2 N–H and O–H groups in total. The van der Waals surface area contributed by atoms with E-state index in [0.717, 1.165) is 17.3 Å². The lowest BCUT2D eigenvalue weighted by molar-refractivity contribution is -0.121. The number of para-hydroxylation sites is 1. The Morgan fingerprint density at radius 3 is 2.77 bits per heavy atom. The Bertz CT molecular complexity index is 1030. The van der Waals surface area contributed by atoms with E-state index in [-0.39, 0.29) is 24.0 Å². The Kier molecular flexibility index (Phi) is 6.99. The molecule has 1 heterocycles. The van der Waals surface area contributed by atoms with E-state index in [1.165, 1.54) is 0 Å². The van der Waals surface area contributed by atoms with E-state index in [4.69, 9.17) is 9.47 Å². The largest absolute Gasteiger partial charge is 0.497 e. The number of hydrogen-bond acceptors (Lipinski definition) is 6. The highest BCUT2D eigenvalue weighted by molar-refractivity contribution is 8.03. The van der Waals surface area contributed by atoms with E-state index in [2.05, 4.69) is 16.7 Å². The van der Waals surface area contributed by atoms with Crippen molar-refractivity contribution in [3.05, 3.63) is 64.7 Å². The SMILES string of the molecule is COc1cccc(NC(=O)CSC2=C(C#N)[C@@H](c3ccccc3OC)CC(=O)N2)c1. The zero-order valence-corrected chi connectivity index (χ0v) is 17.4. The van der Waals surface area contributed by atoms with Crippen molar-refractivity contribution in [2.24, 2.45) is 0 Å². The Morgan fingerprint density at radius 1 is 1.23 bits per heavy atom. The molecule has 0 radical (unpaired) electrons. The summed E-state index contributed by atoms with van der Waals surface area (Å²) >= 11 is 1.12. The van der Waals surface area contributed by atoms with Gasteiger partial charge in [-0.15, -0.1) is 0 Å². The molecule has 0 saturated carbocycles. The first kappa shape index (κ1) is 21.3. The fourth-order valence-electron chi connectivity index (χ4n) is 3.19. The molecule has 0 aromatic heterocycles. The van der Waals surface area contributed by atoms with E-state index >= 15 is 0 Å². The van der Waals surface area contributed by atoms with Gasteiger partial charge in [0.1, 0.15) is 11.5 Å². The number of hydrogen-bond donors (Lipinski definition) is 2. The van der Waals surface area contributed by atoms with Crippen LogP contribution in [-0.4, -0.2) is 31.8 Å². The van der Waals surface area contributed by atoms with Crippen molar-refractivity contribution in [2.45, 2.75) is 12.3 Å². The highest BCUT2D eigenvalue weighted by Crippen LogP contribution is 2.39. The second-order valence-corrected chi connectivity index (χ2v) is 7.46. The smallest absolute Gasteiger partial charge is 0.234 e. The number of rotatable bonds is 7. The number of nitrogens with zero attached hydrogens (tertiary/aromatic N) is 1. The molecule has 0 aliphatic carbocycles. The van der Waals surface area contributed by atoms with Crippen LogP contribution in [0.25, 0.3) is 0 Å². The predicted octanol–water partition coefficient (Wildman–Crippen LogP) is 3.41. The summed E-state index contributed by atoms with van der Waals surface area (Å²) in [6.45, 7) is 0. The molecular formula is C22H21N3O4S. The van der Waals surface area contributed by atoms with Crippen molar-refractivity contribution in [3.63, 3.8) is 0 Å². The topological polar surface area (TPSA) is 100 Å². The highest BCUT2D eigenvalue weighted by Gasteiger charge is 2.31. The van der Waals surface area contributed by atoms with Crippen LogP contribution in [0.4, 0.5) is 5.69 Å². The zero-order chi connectivity index (χ0) is 21.5. The van der Waals surface area contributed by atoms with Crippen LogP contribution in [0.5, 0.6) is 11.5 Å². The number of carbonyl (C=O) groups is 2. The fourth-order valence-corrected chi connectivity index (χ4v) is 4.07. The molecule has 2 aromatic carbocycles. The second kappa shape index (κ2) is 9.85. The van der Waals surface area contributed by atoms with Gasteiger partial charge in [-0.05, 0) is 18.2 Å². The van der Waals surface area contributed by atoms with Gasteiger partial charge >= 0.3 is 0 Å². The number of ether oxygens (including phenoxy) is 2. The number of amides is 2. The monoisotopic (exact) mass is 423 g/mol. The molecule has 0 bridgehead atoms. The lowest BCUT2D eigenvalue weighted by Crippen LogP contribution is -2.31. The van der Waals surface area contributed by atoms with Gasteiger partial charge in [-0.2, -0.15) is 5.26 Å². The van der Waals surface area contributed by atoms with Gasteiger partial charge in [0, 0.05) is 29.7 Å². The standard InChI is InChI=1S/C22H21N3O4S/c1-28-15-7-5-6-14(10-15)24-21(27)13-30-22-18(12-23)17(11-20(26)25-22)16-8-3-4-9-19(16)29-2/h3-10,17H,11,13H2,1-2H3,(H,24,27)(H,25,26)/t17-/m1/s1. The molecule has 154 valence electrons. The van der Waals surface area contributed by atoms with Crippen LogP contribution in [0.2, 0.25) is 0 Å². The Balaban J connectivity index is 1.77. The van der Waals surface area contributed by atoms with E-state index in [1.807, 2.05) is 18.2 Å². The molecule has 0 spiro atoms. The molecule has 0 saturated heterocycles. The van der Waals surface area contributed by atoms with Crippen LogP contribution in [-0.2, 0) is 9.59 Å². The molecule has 1 aliphatic heterocycles. The van der Waals surface area contributed by atoms with Gasteiger partial charge in [0.2, 0.25) is 11.8 Å². The van der Waals surface area contributed by atoms with Crippen molar-refractivity contribution in [1.82, 2.24) is 5.32 Å². The summed E-state index contributed by atoms with van der Waals surface area (Å²) in [6.07, 6.45) is 0.142. The molecule has 1 aliphatic rings. The molecular weight excluding hydrogens is 402 g/mol. The molecule has 7 nitrogen and oxygen atoms in total. The zero-order valence-electron chi connectivity index (χ0n) is 16.6. The maximum atomic E-state index is 12.4. The molecule has 2 aromatic rings. The number of thioether (sulfide) groups is 1. The van der Waals surface area contributed by atoms with Crippen molar-refractivity contribution < 1.29 is 19.1 Å². The maximum Gasteiger partial charge on any atom is 0.234 e. The molecule has 3 rings (SSSR count). The summed E-state index contributed by atoms with van der Waals surface area (Å²) in [4.78, 5) is 24.7. The second-order valence-electron chi connectivity index (χ2n) is 6.47. The van der Waals surface area contributed by atoms with E-state index in [1.54, 1.807) is 44.6 Å². The van der Waals surface area contributed by atoms with E-state index < -0.39 is 5.92 Å². The average Bonchev–Trinajstić information content (AvgIpc) is 2.77. The minimum atomic E-state index is -0.427. The molecule has 8 heteroatoms. The fraction of sp³-hybridized carbons (Fsp3) is 0.227. The number of allylic oxidation sites excluding steroid dienone is 1. The third-order valence-electron chi connectivity index (χ3n) is 4.57. The summed E-state index contributed by atoms with van der Waals surface area (Å²) in [5, 5.41) is 15.7. The van der Waals surface area contributed by atoms with Crippen LogP contribution in [0.15, 0.2) is 59.1 Å². The van der Waals surface area contributed by atoms with Gasteiger partial charge in [-0.3, -0.25) is 9.59 Å². The average molecular weight is 423 g/mol. The first-order valence-corrected chi connectivity index (χ1v) is 10.2. The van der Waals surface area contributed by atoms with Crippen LogP contribution in [0, 0.1) is 11.3 Å². The summed E-state index contributed by atoms with van der Waals surface area (Å²) in [6, 6.07) is 16.5. The minimum Gasteiger partial charge on any atom is -0.497 e. The van der Waals surface area contributed by atoms with Crippen LogP contribution >= 0.6 is 11.8 Å². The molecule has 0 unspecified atom stereocenters.